The van der Waals surface area contributed by atoms with Gasteiger partial charge in [-0.05, 0) is 57.9 Å². The zero-order valence-corrected chi connectivity index (χ0v) is 11.0. The highest BCUT2D eigenvalue weighted by atomic mass is 19.1. The molecule has 0 saturated carbocycles. The highest BCUT2D eigenvalue weighted by molar-refractivity contribution is 5.25. The van der Waals surface area contributed by atoms with Crippen LogP contribution < -0.4 is 5.32 Å². The molecular weight excluding hydrogens is 217 g/mol. The molecule has 2 N–H and O–H groups in total. The summed E-state index contributed by atoms with van der Waals surface area (Å²) in [6.45, 7) is 8.70. The average Bonchev–Trinajstić information content (AvgIpc) is 2.20. The minimum atomic E-state index is -0.538. The van der Waals surface area contributed by atoms with E-state index in [-0.39, 0.29) is 11.4 Å². The Bertz CT molecular complexity index is 371. The molecular formula is C14H22FNO. The van der Waals surface area contributed by atoms with Crippen LogP contribution in [-0.4, -0.2) is 17.2 Å². The van der Waals surface area contributed by atoms with Crippen molar-refractivity contribution in [1.82, 2.24) is 5.32 Å². The van der Waals surface area contributed by atoms with E-state index in [4.69, 9.17) is 0 Å². The Kier molecular flexibility index (Phi) is 4.66. The van der Waals surface area contributed by atoms with Gasteiger partial charge in [0.1, 0.15) is 5.82 Å². The van der Waals surface area contributed by atoms with Crippen molar-refractivity contribution in [3.8, 4) is 0 Å². The number of benzene rings is 1. The van der Waals surface area contributed by atoms with E-state index < -0.39 is 6.10 Å². The minimum absolute atomic E-state index is 0.0540. The molecule has 0 heterocycles. The number of hydrogen-bond donors (Lipinski definition) is 2. The molecule has 0 saturated heterocycles. The maximum Gasteiger partial charge on any atom is 0.126 e. The Hall–Kier alpha value is -0.930. The molecule has 1 aromatic rings. The molecule has 17 heavy (non-hydrogen) atoms. The zero-order valence-electron chi connectivity index (χ0n) is 11.0. The first-order valence-electron chi connectivity index (χ1n) is 5.99. The summed E-state index contributed by atoms with van der Waals surface area (Å²) in [6, 6.07) is 4.76. The molecule has 0 aromatic heterocycles. The third-order valence-corrected chi connectivity index (χ3v) is 2.64. The van der Waals surface area contributed by atoms with Gasteiger partial charge in [-0.1, -0.05) is 12.1 Å². The van der Waals surface area contributed by atoms with Crippen molar-refractivity contribution < 1.29 is 9.50 Å². The van der Waals surface area contributed by atoms with Crippen molar-refractivity contribution in [3.05, 3.63) is 35.1 Å². The summed E-state index contributed by atoms with van der Waals surface area (Å²) in [5, 5.41) is 13.3. The van der Waals surface area contributed by atoms with E-state index in [0.717, 1.165) is 12.1 Å². The van der Waals surface area contributed by atoms with E-state index in [9.17, 15) is 9.50 Å². The summed E-state index contributed by atoms with van der Waals surface area (Å²) >= 11 is 0. The van der Waals surface area contributed by atoms with E-state index in [0.29, 0.717) is 12.0 Å². The van der Waals surface area contributed by atoms with Crippen molar-refractivity contribution in [2.45, 2.75) is 45.8 Å². The second-order valence-corrected chi connectivity index (χ2v) is 5.49. The average molecular weight is 239 g/mol. The summed E-state index contributed by atoms with van der Waals surface area (Å²) < 4.78 is 13.1. The third-order valence-electron chi connectivity index (χ3n) is 2.64. The van der Waals surface area contributed by atoms with Crippen LogP contribution in [0.2, 0.25) is 0 Å². The fourth-order valence-electron chi connectivity index (χ4n) is 1.63. The Labute approximate surface area is 103 Å². The fourth-order valence-corrected chi connectivity index (χ4v) is 1.63. The van der Waals surface area contributed by atoms with Crippen molar-refractivity contribution in [1.29, 1.82) is 0 Å². The van der Waals surface area contributed by atoms with Crippen LogP contribution in [0.5, 0.6) is 0 Å². The molecule has 0 fully saturated rings. The first kappa shape index (κ1) is 14.1. The van der Waals surface area contributed by atoms with Crippen molar-refractivity contribution in [2.75, 3.05) is 6.54 Å². The monoisotopic (exact) mass is 239 g/mol. The molecule has 0 amide bonds. The third kappa shape index (κ3) is 4.84. The number of aryl methyl sites for hydroxylation is 1. The topological polar surface area (TPSA) is 32.3 Å². The van der Waals surface area contributed by atoms with Gasteiger partial charge in [0, 0.05) is 5.54 Å². The van der Waals surface area contributed by atoms with E-state index in [1.54, 1.807) is 19.1 Å². The highest BCUT2D eigenvalue weighted by Crippen LogP contribution is 2.19. The first-order chi connectivity index (χ1) is 7.79. The van der Waals surface area contributed by atoms with Gasteiger partial charge in [0.05, 0.1) is 6.10 Å². The van der Waals surface area contributed by atoms with Crippen molar-refractivity contribution >= 4 is 0 Å². The van der Waals surface area contributed by atoms with E-state index >= 15 is 0 Å². The largest absolute Gasteiger partial charge is 0.388 e. The summed E-state index contributed by atoms with van der Waals surface area (Å²) in [5.41, 5.74) is 1.41. The Morgan fingerprint density at radius 1 is 1.35 bits per heavy atom. The highest BCUT2D eigenvalue weighted by Gasteiger charge is 2.12. The van der Waals surface area contributed by atoms with Gasteiger partial charge in [-0.15, -0.1) is 0 Å². The number of rotatable bonds is 4. The SMILES string of the molecule is Cc1cc(C(O)CCNC(C)(C)C)ccc1F. The summed E-state index contributed by atoms with van der Waals surface area (Å²) in [6.07, 6.45) is 0.0895. The van der Waals surface area contributed by atoms with Crippen molar-refractivity contribution in [3.63, 3.8) is 0 Å². The van der Waals surface area contributed by atoms with Gasteiger partial charge in [-0.25, -0.2) is 4.39 Å². The van der Waals surface area contributed by atoms with Gasteiger partial charge >= 0.3 is 0 Å². The Morgan fingerprint density at radius 3 is 2.53 bits per heavy atom. The maximum atomic E-state index is 13.1. The normalized spacial score (nSPS) is 13.8. The molecule has 1 rings (SSSR count). The molecule has 96 valence electrons. The van der Waals surface area contributed by atoms with E-state index in [1.807, 2.05) is 0 Å². The molecule has 0 bridgehead atoms. The minimum Gasteiger partial charge on any atom is -0.388 e. The van der Waals surface area contributed by atoms with Crippen LogP contribution in [0.3, 0.4) is 0 Å². The van der Waals surface area contributed by atoms with Crippen LogP contribution in [0.1, 0.15) is 44.4 Å². The summed E-state index contributed by atoms with van der Waals surface area (Å²) in [7, 11) is 0. The molecule has 0 aliphatic heterocycles. The lowest BCUT2D eigenvalue weighted by atomic mass is 10.0. The van der Waals surface area contributed by atoms with Gasteiger partial charge in [0.15, 0.2) is 0 Å². The predicted molar refractivity (Wildman–Crippen MR) is 68.5 cm³/mol. The molecule has 3 heteroatoms. The lowest BCUT2D eigenvalue weighted by molar-refractivity contribution is 0.163. The van der Waals surface area contributed by atoms with Gasteiger partial charge in [0.2, 0.25) is 0 Å². The van der Waals surface area contributed by atoms with Crippen LogP contribution >= 0.6 is 0 Å². The zero-order chi connectivity index (χ0) is 13.1. The summed E-state index contributed by atoms with van der Waals surface area (Å²) in [5.74, 6) is -0.228. The van der Waals surface area contributed by atoms with Gasteiger partial charge < -0.3 is 10.4 Å². The molecule has 1 atom stereocenters. The standard InChI is InChI=1S/C14H22FNO/c1-10-9-11(5-6-12(10)15)13(17)7-8-16-14(2,3)4/h5-6,9,13,16-17H,7-8H2,1-4H3. The predicted octanol–water partition coefficient (Wildman–Crippen LogP) is 2.95. The quantitative estimate of drug-likeness (QED) is 0.846. The molecule has 0 aliphatic rings. The van der Waals surface area contributed by atoms with Crippen LogP contribution in [0, 0.1) is 12.7 Å². The molecule has 1 aromatic carbocycles. The van der Waals surface area contributed by atoms with E-state index in [1.165, 1.54) is 6.07 Å². The second kappa shape index (κ2) is 5.61. The number of aliphatic hydroxyl groups excluding tert-OH is 1. The van der Waals surface area contributed by atoms with Crippen LogP contribution in [0.4, 0.5) is 4.39 Å². The molecule has 1 unspecified atom stereocenters. The maximum absolute atomic E-state index is 13.1. The number of aliphatic hydroxyl groups is 1. The molecule has 0 aliphatic carbocycles. The van der Waals surface area contributed by atoms with Gasteiger partial charge in [0.25, 0.3) is 0 Å². The first-order valence-corrected chi connectivity index (χ1v) is 5.99. The van der Waals surface area contributed by atoms with Crippen LogP contribution in [-0.2, 0) is 0 Å². The number of hydrogen-bond acceptors (Lipinski definition) is 2. The molecule has 2 nitrogen and oxygen atoms in total. The van der Waals surface area contributed by atoms with Gasteiger partial charge in [-0.3, -0.25) is 0 Å². The Balaban J connectivity index is 2.52. The lowest BCUT2D eigenvalue weighted by Crippen LogP contribution is -2.36. The van der Waals surface area contributed by atoms with Crippen LogP contribution in [0.25, 0.3) is 0 Å². The van der Waals surface area contributed by atoms with Crippen molar-refractivity contribution in [2.24, 2.45) is 0 Å². The molecule has 0 spiro atoms. The smallest absolute Gasteiger partial charge is 0.126 e. The number of nitrogens with one attached hydrogen (secondary N) is 1. The van der Waals surface area contributed by atoms with Gasteiger partial charge in [-0.2, -0.15) is 0 Å². The fraction of sp³-hybridized carbons (Fsp3) is 0.571. The Morgan fingerprint density at radius 2 is 2.00 bits per heavy atom. The molecule has 0 radical (unpaired) electrons. The lowest BCUT2D eigenvalue weighted by Gasteiger charge is -2.21. The number of halogens is 1. The summed E-state index contributed by atoms with van der Waals surface area (Å²) in [4.78, 5) is 0. The van der Waals surface area contributed by atoms with E-state index in [2.05, 4.69) is 26.1 Å². The second-order valence-electron chi connectivity index (χ2n) is 5.49. The van der Waals surface area contributed by atoms with Crippen LogP contribution in [0.15, 0.2) is 18.2 Å².